The molecule has 0 aliphatic carbocycles. The predicted molar refractivity (Wildman–Crippen MR) is 43.7 cm³/mol. The van der Waals surface area contributed by atoms with Crippen LogP contribution in [0.1, 0.15) is 19.8 Å². The number of aliphatic hydroxyl groups is 1. The number of ether oxygens (including phenoxy) is 2. The number of rotatable bonds is 6. The fourth-order valence-corrected chi connectivity index (χ4v) is 0.706. The van der Waals surface area contributed by atoms with Gasteiger partial charge >= 0.3 is 5.97 Å². The fourth-order valence-electron chi connectivity index (χ4n) is 0.706. The van der Waals surface area contributed by atoms with Crippen molar-refractivity contribution in [3.8, 4) is 0 Å². The van der Waals surface area contributed by atoms with Gasteiger partial charge in [0.05, 0.1) is 6.61 Å². The van der Waals surface area contributed by atoms with Crippen LogP contribution in [0.4, 0.5) is 0 Å². The Kier molecular flexibility index (Phi) is 6.70. The van der Waals surface area contributed by atoms with Gasteiger partial charge in [-0.05, 0) is 6.42 Å². The van der Waals surface area contributed by atoms with Crippen LogP contribution < -0.4 is 0 Å². The topological polar surface area (TPSA) is 55.8 Å². The van der Waals surface area contributed by atoms with Crippen molar-refractivity contribution in [3.63, 3.8) is 0 Å². The van der Waals surface area contributed by atoms with Crippen LogP contribution in [0.2, 0.25) is 0 Å². The Labute approximate surface area is 72.5 Å². The summed E-state index contributed by atoms with van der Waals surface area (Å²) in [5.74, 6) is -0.271. The van der Waals surface area contributed by atoms with Crippen LogP contribution in [0.25, 0.3) is 0 Å². The number of hydrogen-bond acceptors (Lipinski definition) is 4. The maximum absolute atomic E-state index is 10.8. The van der Waals surface area contributed by atoms with Crippen molar-refractivity contribution in [1.29, 1.82) is 0 Å². The molecular weight excluding hydrogens is 160 g/mol. The van der Waals surface area contributed by atoms with E-state index in [4.69, 9.17) is 9.84 Å². The largest absolute Gasteiger partial charge is 0.463 e. The van der Waals surface area contributed by atoms with E-state index in [-0.39, 0.29) is 19.2 Å². The van der Waals surface area contributed by atoms with E-state index >= 15 is 0 Å². The van der Waals surface area contributed by atoms with Gasteiger partial charge in [-0.15, -0.1) is 0 Å². The molecule has 0 aromatic heterocycles. The minimum absolute atomic E-state index is 0.0205. The van der Waals surface area contributed by atoms with Gasteiger partial charge in [0.1, 0.15) is 12.7 Å². The monoisotopic (exact) mass is 176 g/mol. The first-order valence-electron chi connectivity index (χ1n) is 4.03. The summed E-state index contributed by atoms with van der Waals surface area (Å²) in [6, 6.07) is 0. The van der Waals surface area contributed by atoms with Crippen molar-refractivity contribution in [1.82, 2.24) is 0 Å². The van der Waals surface area contributed by atoms with Crippen molar-refractivity contribution >= 4 is 5.97 Å². The van der Waals surface area contributed by atoms with E-state index in [9.17, 15) is 4.79 Å². The van der Waals surface area contributed by atoms with Gasteiger partial charge in [-0.2, -0.15) is 0 Å². The standard InChI is InChI=1S/C8H16O4/c1-3-4-8(10)12-6-7(9)5-11-2/h7,9H,3-6H2,1-2H3. The predicted octanol–water partition coefficient (Wildman–Crippen LogP) is 0.337. The zero-order valence-corrected chi connectivity index (χ0v) is 7.58. The Morgan fingerprint density at radius 2 is 2.17 bits per heavy atom. The molecule has 0 aliphatic heterocycles. The maximum atomic E-state index is 10.8. The summed E-state index contributed by atoms with van der Waals surface area (Å²) in [6.07, 6.45) is 0.453. The van der Waals surface area contributed by atoms with E-state index in [1.165, 1.54) is 7.11 Å². The van der Waals surface area contributed by atoms with E-state index < -0.39 is 6.10 Å². The molecule has 0 fully saturated rings. The van der Waals surface area contributed by atoms with E-state index in [0.29, 0.717) is 6.42 Å². The third kappa shape index (κ3) is 6.12. The second-order valence-corrected chi connectivity index (χ2v) is 2.54. The summed E-state index contributed by atoms with van der Waals surface area (Å²) < 4.78 is 9.38. The molecule has 0 aliphatic rings. The van der Waals surface area contributed by atoms with E-state index in [1.807, 2.05) is 6.92 Å². The minimum Gasteiger partial charge on any atom is -0.463 e. The highest BCUT2D eigenvalue weighted by atomic mass is 16.5. The number of carbonyl (C=O) groups excluding carboxylic acids is 1. The molecule has 0 radical (unpaired) electrons. The second-order valence-electron chi connectivity index (χ2n) is 2.54. The van der Waals surface area contributed by atoms with Gasteiger partial charge in [0, 0.05) is 13.5 Å². The third-order valence-corrected chi connectivity index (χ3v) is 1.25. The highest BCUT2D eigenvalue weighted by molar-refractivity contribution is 5.69. The number of esters is 1. The Hall–Kier alpha value is -0.610. The van der Waals surface area contributed by atoms with Crippen LogP contribution in [0, 0.1) is 0 Å². The van der Waals surface area contributed by atoms with Gasteiger partial charge < -0.3 is 14.6 Å². The average Bonchev–Trinajstić information content (AvgIpc) is 2.02. The molecule has 0 aromatic carbocycles. The highest BCUT2D eigenvalue weighted by Gasteiger charge is 2.06. The molecule has 4 heteroatoms. The van der Waals surface area contributed by atoms with Crippen molar-refractivity contribution in [3.05, 3.63) is 0 Å². The first-order chi connectivity index (χ1) is 5.70. The maximum Gasteiger partial charge on any atom is 0.305 e. The molecule has 72 valence electrons. The zero-order valence-electron chi connectivity index (χ0n) is 7.58. The summed E-state index contributed by atoms with van der Waals surface area (Å²) in [5, 5.41) is 9.06. The Morgan fingerprint density at radius 1 is 1.50 bits per heavy atom. The lowest BCUT2D eigenvalue weighted by molar-refractivity contribution is -0.147. The van der Waals surface area contributed by atoms with Crippen molar-refractivity contribution in [2.75, 3.05) is 20.3 Å². The van der Waals surface area contributed by atoms with Crippen LogP contribution in [-0.2, 0) is 14.3 Å². The smallest absolute Gasteiger partial charge is 0.305 e. The lowest BCUT2D eigenvalue weighted by Gasteiger charge is -2.09. The van der Waals surface area contributed by atoms with E-state index in [2.05, 4.69) is 4.74 Å². The number of methoxy groups -OCH3 is 1. The number of aliphatic hydroxyl groups excluding tert-OH is 1. The Morgan fingerprint density at radius 3 is 2.67 bits per heavy atom. The van der Waals surface area contributed by atoms with Crippen molar-refractivity contribution < 1.29 is 19.4 Å². The molecule has 0 heterocycles. The molecule has 1 unspecified atom stereocenters. The van der Waals surface area contributed by atoms with E-state index in [1.54, 1.807) is 0 Å². The fraction of sp³-hybridized carbons (Fsp3) is 0.875. The number of carbonyl (C=O) groups is 1. The molecule has 0 amide bonds. The zero-order chi connectivity index (χ0) is 9.40. The van der Waals surface area contributed by atoms with E-state index in [0.717, 1.165) is 6.42 Å². The van der Waals surface area contributed by atoms with Gasteiger partial charge in [0.15, 0.2) is 0 Å². The normalized spacial score (nSPS) is 12.6. The highest BCUT2D eigenvalue weighted by Crippen LogP contribution is 1.93. The summed E-state index contributed by atoms with van der Waals surface area (Å²) in [4.78, 5) is 10.8. The van der Waals surface area contributed by atoms with Crippen molar-refractivity contribution in [2.45, 2.75) is 25.9 Å². The van der Waals surface area contributed by atoms with Crippen LogP contribution in [0.3, 0.4) is 0 Å². The second kappa shape index (κ2) is 7.06. The van der Waals surface area contributed by atoms with Gasteiger partial charge in [-0.3, -0.25) is 4.79 Å². The van der Waals surface area contributed by atoms with Gasteiger partial charge in [0.2, 0.25) is 0 Å². The van der Waals surface area contributed by atoms with Crippen LogP contribution >= 0.6 is 0 Å². The lowest BCUT2D eigenvalue weighted by Crippen LogP contribution is -2.22. The molecule has 0 bridgehead atoms. The third-order valence-electron chi connectivity index (χ3n) is 1.25. The van der Waals surface area contributed by atoms with Gasteiger partial charge in [-0.1, -0.05) is 6.92 Å². The first-order valence-corrected chi connectivity index (χ1v) is 4.03. The molecule has 12 heavy (non-hydrogen) atoms. The Bertz CT molecular complexity index is 124. The van der Waals surface area contributed by atoms with Crippen molar-refractivity contribution in [2.24, 2.45) is 0 Å². The SMILES string of the molecule is CCCC(=O)OCC(O)COC. The summed E-state index contributed by atoms with van der Waals surface area (Å²) in [7, 11) is 1.48. The molecule has 0 rings (SSSR count). The molecule has 0 saturated carbocycles. The quantitative estimate of drug-likeness (QED) is 0.593. The van der Waals surface area contributed by atoms with Gasteiger partial charge in [0.25, 0.3) is 0 Å². The molecular formula is C8H16O4. The number of hydrogen-bond donors (Lipinski definition) is 1. The van der Waals surface area contributed by atoms with Crippen LogP contribution in [0.15, 0.2) is 0 Å². The molecule has 4 nitrogen and oxygen atoms in total. The van der Waals surface area contributed by atoms with Gasteiger partial charge in [-0.25, -0.2) is 0 Å². The Balaban J connectivity index is 3.33. The average molecular weight is 176 g/mol. The molecule has 0 saturated heterocycles. The summed E-state index contributed by atoms with van der Waals surface area (Å²) >= 11 is 0. The molecule has 0 aromatic rings. The summed E-state index contributed by atoms with van der Waals surface area (Å²) in [6.45, 7) is 2.11. The van der Waals surface area contributed by atoms with Crippen LogP contribution in [0.5, 0.6) is 0 Å². The molecule has 1 N–H and O–H groups in total. The first kappa shape index (κ1) is 11.4. The molecule has 1 atom stereocenters. The minimum atomic E-state index is -0.712. The summed E-state index contributed by atoms with van der Waals surface area (Å²) in [5.41, 5.74) is 0. The lowest BCUT2D eigenvalue weighted by atomic mass is 10.3. The molecule has 0 spiro atoms. The van der Waals surface area contributed by atoms with Crippen LogP contribution in [-0.4, -0.2) is 37.5 Å².